The van der Waals surface area contributed by atoms with Crippen molar-refractivity contribution in [2.24, 2.45) is 11.8 Å². The van der Waals surface area contributed by atoms with E-state index in [0.717, 1.165) is 24.1 Å². The maximum atomic E-state index is 13.9. The molecule has 0 saturated carbocycles. The number of benzene rings is 2. The molecule has 0 aromatic heterocycles. The van der Waals surface area contributed by atoms with Gasteiger partial charge in [0.25, 0.3) is 0 Å². The van der Waals surface area contributed by atoms with Crippen LogP contribution in [0, 0.1) is 11.8 Å². The Balaban J connectivity index is 1.56. The van der Waals surface area contributed by atoms with Crippen molar-refractivity contribution in [3.63, 3.8) is 0 Å². The van der Waals surface area contributed by atoms with Crippen molar-refractivity contribution in [2.45, 2.75) is 43.9 Å². The van der Waals surface area contributed by atoms with Gasteiger partial charge in [-0.2, -0.15) is 13.2 Å². The first kappa shape index (κ1) is 21.3. The lowest BCUT2D eigenvalue weighted by Gasteiger charge is -2.37. The molecule has 34 heavy (non-hydrogen) atoms. The van der Waals surface area contributed by atoms with Crippen LogP contribution in [0.4, 0.5) is 24.5 Å². The summed E-state index contributed by atoms with van der Waals surface area (Å²) in [5.74, 6) is -3.75. The first-order chi connectivity index (χ1) is 16.2. The van der Waals surface area contributed by atoms with Crippen LogP contribution < -0.4 is 10.2 Å². The van der Waals surface area contributed by atoms with Crippen LogP contribution in [0.5, 0.6) is 0 Å². The lowest BCUT2D eigenvalue weighted by molar-refractivity contribution is -0.138. The first-order valence-electron chi connectivity index (χ1n) is 11.5. The molecule has 2 aromatic rings. The van der Waals surface area contributed by atoms with Gasteiger partial charge < -0.3 is 5.32 Å². The zero-order chi connectivity index (χ0) is 24.0. The summed E-state index contributed by atoms with van der Waals surface area (Å²) >= 11 is 0. The molecule has 4 heterocycles. The van der Waals surface area contributed by atoms with Crippen LogP contribution in [0.25, 0.3) is 0 Å². The second-order valence-corrected chi connectivity index (χ2v) is 9.39. The molecule has 0 radical (unpaired) electrons. The summed E-state index contributed by atoms with van der Waals surface area (Å²) < 4.78 is 41.3. The Morgan fingerprint density at radius 2 is 1.85 bits per heavy atom. The minimum atomic E-state index is -4.74. The average molecular weight is 469 g/mol. The SMILES string of the molecule is CCc1ccc2c(c1)[C@]1(C(=O)N2)[C@@H]2C(=O)N(c3ccccc3C(F)(F)F)C(=O)[C@@H]2[C@@H]2CCCN21. The molecule has 4 aliphatic rings. The average Bonchev–Trinajstić information content (AvgIpc) is 3.51. The minimum Gasteiger partial charge on any atom is -0.324 e. The number of nitrogens with one attached hydrogen (secondary N) is 1. The summed E-state index contributed by atoms with van der Waals surface area (Å²) in [6, 6.07) is 9.84. The van der Waals surface area contributed by atoms with Crippen molar-refractivity contribution in [1.82, 2.24) is 4.90 Å². The fourth-order valence-corrected chi connectivity index (χ4v) is 6.62. The number of fused-ring (bicyclic) bond motifs is 7. The highest BCUT2D eigenvalue weighted by atomic mass is 19.4. The zero-order valence-corrected chi connectivity index (χ0v) is 18.4. The number of nitrogens with zero attached hydrogens (tertiary/aromatic N) is 2. The van der Waals surface area contributed by atoms with E-state index < -0.39 is 46.6 Å². The molecule has 3 fully saturated rings. The smallest absolute Gasteiger partial charge is 0.324 e. The Hall–Kier alpha value is -3.20. The second-order valence-electron chi connectivity index (χ2n) is 9.39. The van der Waals surface area contributed by atoms with Crippen LogP contribution in [0.1, 0.15) is 36.5 Å². The molecule has 0 bridgehead atoms. The summed E-state index contributed by atoms with van der Waals surface area (Å²) in [6.07, 6.45) is -2.68. The molecule has 0 unspecified atom stereocenters. The van der Waals surface area contributed by atoms with Crippen molar-refractivity contribution < 1.29 is 27.6 Å². The van der Waals surface area contributed by atoms with E-state index in [1.807, 2.05) is 24.0 Å². The molecule has 176 valence electrons. The molecule has 1 spiro atoms. The van der Waals surface area contributed by atoms with E-state index in [1.54, 1.807) is 6.07 Å². The Morgan fingerprint density at radius 3 is 2.59 bits per heavy atom. The molecule has 3 saturated heterocycles. The molecule has 9 heteroatoms. The van der Waals surface area contributed by atoms with E-state index in [2.05, 4.69) is 5.32 Å². The normalized spacial score (nSPS) is 30.2. The lowest BCUT2D eigenvalue weighted by Crippen LogP contribution is -2.54. The number of carbonyl (C=O) groups is 3. The Kier molecular flexibility index (Phi) is 4.34. The second kappa shape index (κ2) is 6.91. The third kappa shape index (κ3) is 2.48. The van der Waals surface area contributed by atoms with Crippen LogP contribution in [0.3, 0.4) is 0 Å². The summed E-state index contributed by atoms with van der Waals surface area (Å²) in [5, 5.41) is 2.89. The first-order valence-corrected chi connectivity index (χ1v) is 11.5. The van der Waals surface area contributed by atoms with Gasteiger partial charge in [0.05, 0.1) is 23.1 Å². The van der Waals surface area contributed by atoms with Gasteiger partial charge >= 0.3 is 6.18 Å². The zero-order valence-electron chi connectivity index (χ0n) is 18.4. The van der Waals surface area contributed by atoms with Crippen LogP contribution in [0.15, 0.2) is 42.5 Å². The lowest BCUT2D eigenvalue weighted by atomic mass is 9.75. The van der Waals surface area contributed by atoms with Crippen LogP contribution in [0.2, 0.25) is 0 Å². The largest absolute Gasteiger partial charge is 0.418 e. The van der Waals surface area contributed by atoms with Gasteiger partial charge in [-0.3, -0.25) is 19.3 Å². The van der Waals surface area contributed by atoms with E-state index >= 15 is 0 Å². The van der Waals surface area contributed by atoms with Crippen molar-refractivity contribution in [3.8, 4) is 0 Å². The summed E-state index contributed by atoms with van der Waals surface area (Å²) in [6.45, 7) is 2.52. The van der Waals surface area contributed by atoms with Gasteiger partial charge in [-0.25, -0.2) is 4.90 Å². The highest BCUT2D eigenvalue weighted by Crippen LogP contribution is 2.61. The minimum absolute atomic E-state index is 0.383. The van der Waals surface area contributed by atoms with Gasteiger partial charge in [0, 0.05) is 17.3 Å². The van der Waals surface area contributed by atoms with E-state index in [9.17, 15) is 27.6 Å². The molecule has 6 rings (SSSR count). The van der Waals surface area contributed by atoms with Crippen molar-refractivity contribution >= 4 is 29.1 Å². The number of anilines is 2. The van der Waals surface area contributed by atoms with Gasteiger partial charge in [-0.1, -0.05) is 31.2 Å². The molecule has 2 aromatic carbocycles. The number of rotatable bonds is 2. The summed E-state index contributed by atoms with van der Waals surface area (Å²) in [7, 11) is 0. The summed E-state index contributed by atoms with van der Waals surface area (Å²) in [5.41, 5.74) is -0.712. The van der Waals surface area contributed by atoms with Gasteiger partial charge in [0.1, 0.15) is 5.54 Å². The Bertz CT molecular complexity index is 1260. The molecule has 4 aliphatic heterocycles. The topological polar surface area (TPSA) is 69.7 Å². The van der Waals surface area contributed by atoms with Crippen LogP contribution >= 0.6 is 0 Å². The monoisotopic (exact) mass is 469 g/mol. The molecular formula is C25H22F3N3O3. The number of hydrogen-bond donors (Lipinski definition) is 1. The van der Waals surface area contributed by atoms with E-state index in [-0.39, 0.29) is 11.9 Å². The Labute approximate surface area is 193 Å². The third-order valence-corrected chi connectivity index (χ3v) is 7.92. The predicted octanol–water partition coefficient (Wildman–Crippen LogP) is 3.70. The van der Waals surface area contributed by atoms with Gasteiger partial charge in [0.15, 0.2) is 0 Å². The number of para-hydroxylation sites is 1. The number of halogens is 3. The number of carbonyl (C=O) groups excluding carboxylic acids is 3. The molecule has 4 atom stereocenters. The van der Waals surface area contributed by atoms with Crippen LogP contribution in [-0.4, -0.2) is 35.2 Å². The Morgan fingerprint density at radius 1 is 1.09 bits per heavy atom. The molecule has 0 aliphatic carbocycles. The molecule has 6 nitrogen and oxygen atoms in total. The number of hydrogen-bond acceptors (Lipinski definition) is 4. The maximum Gasteiger partial charge on any atom is 0.418 e. The van der Waals surface area contributed by atoms with Crippen molar-refractivity contribution in [1.29, 1.82) is 0 Å². The van der Waals surface area contributed by atoms with Crippen molar-refractivity contribution in [2.75, 3.05) is 16.8 Å². The van der Waals surface area contributed by atoms with Gasteiger partial charge in [-0.15, -0.1) is 0 Å². The number of alkyl halides is 3. The molecule has 1 N–H and O–H groups in total. The standard InChI is InChI=1S/C25H22F3N3O3/c1-2-13-9-10-16-15(12-13)24(23(34)29-16)20-19(18-8-5-11-30(18)24)21(32)31(22(20)33)17-7-4-3-6-14(17)25(26,27)28/h3-4,6-7,9-10,12,18-20H,2,5,8,11H2,1H3,(H,29,34)/t18-,19+,20-,24+/m0/s1. The fourth-order valence-electron chi connectivity index (χ4n) is 6.62. The third-order valence-electron chi connectivity index (χ3n) is 7.92. The fraction of sp³-hybridized carbons (Fsp3) is 0.400. The van der Waals surface area contributed by atoms with Crippen molar-refractivity contribution in [3.05, 3.63) is 59.2 Å². The quantitative estimate of drug-likeness (QED) is 0.682. The molecular weight excluding hydrogens is 447 g/mol. The maximum absolute atomic E-state index is 13.9. The van der Waals surface area contributed by atoms with E-state index in [1.165, 1.54) is 12.1 Å². The van der Waals surface area contributed by atoms with E-state index in [4.69, 9.17) is 0 Å². The number of imide groups is 1. The number of aryl methyl sites for hydroxylation is 1. The summed E-state index contributed by atoms with van der Waals surface area (Å²) in [4.78, 5) is 43.9. The predicted molar refractivity (Wildman–Crippen MR) is 117 cm³/mol. The highest BCUT2D eigenvalue weighted by molar-refractivity contribution is 6.26. The molecule has 3 amide bonds. The highest BCUT2D eigenvalue weighted by Gasteiger charge is 2.74. The van der Waals surface area contributed by atoms with Gasteiger partial charge in [-0.05, 0) is 49.6 Å². The number of amides is 3. The van der Waals surface area contributed by atoms with E-state index in [0.29, 0.717) is 35.5 Å². The van der Waals surface area contributed by atoms with Crippen LogP contribution in [-0.2, 0) is 32.5 Å². The van der Waals surface area contributed by atoms with Gasteiger partial charge in [0.2, 0.25) is 17.7 Å².